The molecule has 5 nitrogen and oxygen atoms in total. The topological polar surface area (TPSA) is 41.4 Å². The van der Waals surface area contributed by atoms with Crippen molar-refractivity contribution in [2.75, 3.05) is 32.1 Å². The van der Waals surface area contributed by atoms with E-state index in [0.29, 0.717) is 5.92 Å². The summed E-state index contributed by atoms with van der Waals surface area (Å²) >= 11 is 0. The van der Waals surface area contributed by atoms with Gasteiger partial charge in [0.15, 0.2) is 0 Å². The lowest BCUT2D eigenvalue weighted by atomic mass is 9.96. The van der Waals surface area contributed by atoms with Crippen molar-refractivity contribution in [2.45, 2.75) is 19.4 Å². The van der Waals surface area contributed by atoms with E-state index in [2.05, 4.69) is 9.55 Å². The molecule has 1 amide bonds. The largest absolute Gasteiger partial charge is 0.378 e. The Morgan fingerprint density at radius 1 is 1.30 bits per heavy atom. The number of carbonyl (C=O) groups is 1. The molecule has 2 heterocycles. The molecular formula is C18H24N4O. The highest BCUT2D eigenvalue weighted by atomic mass is 16.2. The lowest BCUT2D eigenvalue weighted by molar-refractivity contribution is 0.0683. The third-order valence-electron chi connectivity index (χ3n) is 4.54. The van der Waals surface area contributed by atoms with E-state index >= 15 is 0 Å². The molecule has 23 heavy (non-hydrogen) atoms. The first kappa shape index (κ1) is 15.6. The van der Waals surface area contributed by atoms with Crippen LogP contribution < -0.4 is 4.90 Å². The lowest BCUT2D eigenvalue weighted by Crippen LogP contribution is -2.39. The second-order valence-corrected chi connectivity index (χ2v) is 6.44. The Hall–Kier alpha value is -2.30. The Labute approximate surface area is 137 Å². The second-order valence-electron chi connectivity index (χ2n) is 6.44. The number of aromatic nitrogens is 2. The van der Waals surface area contributed by atoms with Gasteiger partial charge >= 0.3 is 0 Å². The Bertz CT molecular complexity index is 643. The first-order valence-corrected chi connectivity index (χ1v) is 8.16. The van der Waals surface area contributed by atoms with Crippen LogP contribution in [-0.2, 0) is 6.54 Å². The molecule has 1 aliphatic heterocycles. The van der Waals surface area contributed by atoms with Gasteiger partial charge in [-0.3, -0.25) is 4.79 Å². The number of nitrogens with zero attached hydrogens (tertiary/aromatic N) is 4. The minimum Gasteiger partial charge on any atom is -0.378 e. The molecule has 1 aliphatic rings. The number of carbonyl (C=O) groups excluding carboxylic acids is 1. The standard InChI is InChI=1S/C18H24N4O/c1-20(2)17-5-3-4-16(12-17)18(23)22-9-6-15(7-10-22)13-21-11-8-19-14-21/h3-5,8,11-12,14-15H,6-7,9-10,13H2,1-2H3. The van der Waals surface area contributed by atoms with Crippen molar-refractivity contribution in [1.29, 1.82) is 0 Å². The minimum atomic E-state index is 0.148. The summed E-state index contributed by atoms with van der Waals surface area (Å²) in [6.07, 6.45) is 7.79. The monoisotopic (exact) mass is 312 g/mol. The van der Waals surface area contributed by atoms with Gasteiger partial charge < -0.3 is 14.4 Å². The van der Waals surface area contributed by atoms with Crippen LogP contribution in [0.25, 0.3) is 0 Å². The summed E-state index contributed by atoms with van der Waals surface area (Å²) in [6, 6.07) is 7.86. The molecule has 5 heteroatoms. The van der Waals surface area contributed by atoms with Gasteiger partial charge in [-0.15, -0.1) is 0 Å². The maximum absolute atomic E-state index is 12.7. The zero-order valence-electron chi connectivity index (χ0n) is 13.9. The van der Waals surface area contributed by atoms with Gasteiger partial charge in [-0.2, -0.15) is 0 Å². The molecule has 0 bridgehead atoms. The average Bonchev–Trinajstić information content (AvgIpc) is 3.08. The van der Waals surface area contributed by atoms with E-state index < -0.39 is 0 Å². The van der Waals surface area contributed by atoms with Crippen LogP contribution in [0.2, 0.25) is 0 Å². The number of hydrogen-bond acceptors (Lipinski definition) is 3. The van der Waals surface area contributed by atoms with Crippen molar-refractivity contribution >= 4 is 11.6 Å². The molecule has 1 fully saturated rings. The van der Waals surface area contributed by atoms with E-state index in [-0.39, 0.29) is 5.91 Å². The molecule has 2 aromatic rings. The van der Waals surface area contributed by atoms with Gasteiger partial charge in [0.2, 0.25) is 0 Å². The molecule has 0 saturated carbocycles. The summed E-state index contributed by atoms with van der Waals surface area (Å²) in [4.78, 5) is 20.8. The fraction of sp³-hybridized carbons (Fsp3) is 0.444. The van der Waals surface area contributed by atoms with Gasteiger partial charge in [-0.05, 0) is 37.0 Å². The third kappa shape index (κ3) is 3.73. The fourth-order valence-corrected chi connectivity index (χ4v) is 3.11. The number of likely N-dealkylation sites (tertiary alicyclic amines) is 1. The highest BCUT2D eigenvalue weighted by Crippen LogP contribution is 2.22. The third-order valence-corrected chi connectivity index (χ3v) is 4.54. The smallest absolute Gasteiger partial charge is 0.253 e. The van der Waals surface area contributed by atoms with Gasteiger partial charge in [0.05, 0.1) is 6.33 Å². The van der Waals surface area contributed by atoms with E-state index in [0.717, 1.165) is 43.7 Å². The Morgan fingerprint density at radius 3 is 2.74 bits per heavy atom. The van der Waals surface area contributed by atoms with E-state index in [1.165, 1.54) is 0 Å². The van der Waals surface area contributed by atoms with Crippen LogP contribution in [0.15, 0.2) is 43.0 Å². The van der Waals surface area contributed by atoms with Crippen molar-refractivity contribution in [3.63, 3.8) is 0 Å². The molecule has 1 aromatic carbocycles. The van der Waals surface area contributed by atoms with E-state index in [1.807, 2.05) is 66.9 Å². The quantitative estimate of drug-likeness (QED) is 0.871. The minimum absolute atomic E-state index is 0.148. The van der Waals surface area contributed by atoms with Crippen molar-refractivity contribution in [3.05, 3.63) is 48.5 Å². The van der Waals surface area contributed by atoms with Gasteiger partial charge in [0.1, 0.15) is 0 Å². The molecule has 3 rings (SSSR count). The van der Waals surface area contributed by atoms with Crippen LogP contribution in [0.4, 0.5) is 5.69 Å². The van der Waals surface area contributed by atoms with Crippen LogP contribution in [0.5, 0.6) is 0 Å². The van der Waals surface area contributed by atoms with Gasteiger partial charge in [0.25, 0.3) is 5.91 Å². The van der Waals surface area contributed by atoms with E-state index in [9.17, 15) is 4.79 Å². The van der Waals surface area contributed by atoms with Crippen LogP contribution >= 0.6 is 0 Å². The molecule has 0 spiro atoms. The maximum Gasteiger partial charge on any atom is 0.253 e. The zero-order valence-corrected chi connectivity index (χ0v) is 13.9. The van der Waals surface area contributed by atoms with Crippen molar-refractivity contribution < 1.29 is 4.79 Å². The highest BCUT2D eigenvalue weighted by Gasteiger charge is 2.24. The molecular weight excluding hydrogens is 288 g/mol. The van der Waals surface area contributed by atoms with Crippen LogP contribution in [0.1, 0.15) is 23.2 Å². The van der Waals surface area contributed by atoms with Gasteiger partial charge in [-0.1, -0.05) is 6.07 Å². The maximum atomic E-state index is 12.7. The van der Waals surface area contributed by atoms with Crippen LogP contribution in [0.3, 0.4) is 0 Å². The average molecular weight is 312 g/mol. The summed E-state index contributed by atoms with van der Waals surface area (Å²) in [6.45, 7) is 2.67. The Morgan fingerprint density at radius 2 is 2.09 bits per heavy atom. The normalized spacial score (nSPS) is 15.7. The second kappa shape index (κ2) is 6.86. The number of benzene rings is 1. The van der Waals surface area contributed by atoms with Crippen LogP contribution in [0, 0.1) is 5.92 Å². The highest BCUT2D eigenvalue weighted by molar-refractivity contribution is 5.95. The van der Waals surface area contributed by atoms with Gasteiger partial charge in [-0.25, -0.2) is 4.98 Å². The number of amides is 1. The molecule has 122 valence electrons. The van der Waals surface area contributed by atoms with Crippen LogP contribution in [-0.4, -0.2) is 47.5 Å². The van der Waals surface area contributed by atoms with Crippen molar-refractivity contribution in [3.8, 4) is 0 Å². The molecule has 0 N–H and O–H groups in total. The van der Waals surface area contributed by atoms with Crippen molar-refractivity contribution in [1.82, 2.24) is 14.5 Å². The zero-order chi connectivity index (χ0) is 16.2. The molecule has 0 aliphatic carbocycles. The molecule has 1 aromatic heterocycles. The van der Waals surface area contributed by atoms with E-state index in [4.69, 9.17) is 0 Å². The predicted octanol–water partition coefficient (Wildman–Crippen LogP) is 2.50. The molecule has 0 atom stereocenters. The SMILES string of the molecule is CN(C)c1cccc(C(=O)N2CCC(Cn3ccnc3)CC2)c1. The molecule has 0 radical (unpaired) electrons. The Kier molecular flexibility index (Phi) is 4.65. The van der Waals surface area contributed by atoms with Crippen molar-refractivity contribution in [2.24, 2.45) is 5.92 Å². The lowest BCUT2D eigenvalue weighted by Gasteiger charge is -2.32. The number of hydrogen-bond donors (Lipinski definition) is 0. The first-order chi connectivity index (χ1) is 11.1. The first-order valence-electron chi connectivity index (χ1n) is 8.16. The summed E-state index contributed by atoms with van der Waals surface area (Å²) in [5, 5.41) is 0. The number of rotatable bonds is 4. The molecule has 0 unspecified atom stereocenters. The Balaban J connectivity index is 1.58. The fourth-order valence-electron chi connectivity index (χ4n) is 3.11. The molecule has 1 saturated heterocycles. The summed E-state index contributed by atoms with van der Waals surface area (Å²) in [7, 11) is 3.98. The number of anilines is 1. The number of piperidine rings is 1. The summed E-state index contributed by atoms with van der Waals surface area (Å²) < 4.78 is 2.13. The predicted molar refractivity (Wildman–Crippen MR) is 91.6 cm³/mol. The number of imidazole rings is 1. The van der Waals surface area contributed by atoms with Gasteiger partial charge in [0, 0.05) is 57.4 Å². The summed E-state index contributed by atoms with van der Waals surface area (Å²) in [5.74, 6) is 0.774. The van der Waals surface area contributed by atoms with E-state index in [1.54, 1.807) is 0 Å². The summed E-state index contributed by atoms with van der Waals surface area (Å²) in [5.41, 5.74) is 1.84.